The number of benzene rings is 2. The predicted octanol–water partition coefficient (Wildman–Crippen LogP) is 2.09. The van der Waals surface area contributed by atoms with Crippen LogP contribution in [0.2, 0.25) is 0 Å². The molecule has 1 aliphatic rings. The van der Waals surface area contributed by atoms with Crippen LogP contribution < -0.4 is 7.22 Å². The Bertz CT molecular complexity index is 502. The maximum absolute atomic E-state index is 14.4. The van der Waals surface area contributed by atoms with E-state index in [9.17, 15) is 5.78 Å². The first-order chi connectivity index (χ1) is 7.69. The molecule has 0 bridgehead atoms. The van der Waals surface area contributed by atoms with Gasteiger partial charge in [-0.05, 0) is 0 Å². The second-order valence-electron chi connectivity index (χ2n) is 3.86. The molecule has 0 saturated heterocycles. The quantitative estimate of drug-likeness (QED) is 0.649. The molecular formula is C13H10F2Te. The Hall–Kier alpha value is -0.910. The number of rotatable bonds is 0. The second kappa shape index (κ2) is 3.55. The van der Waals surface area contributed by atoms with E-state index < -0.39 is 19.3 Å². The molecule has 0 aromatic heterocycles. The van der Waals surface area contributed by atoms with Crippen LogP contribution in [0.4, 0.5) is 5.78 Å². The van der Waals surface area contributed by atoms with E-state index in [2.05, 4.69) is 0 Å². The third-order valence-corrected chi connectivity index (χ3v) is 8.31. The van der Waals surface area contributed by atoms with Crippen molar-refractivity contribution in [3.8, 4) is 0 Å². The molecule has 2 aromatic rings. The maximum atomic E-state index is 14.4. The van der Waals surface area contributed by atoms with Crippen molar-refractivity contribution in [2.24, 2.45) is 0 Å². The molecule has 0 N–H and O–H groups in total. The Balaban J connectivity index is 2.28. The summed E-state index contributed by atoms with van der Waals surface area (Å²) in [5, 5.41) is 0. The van der Waals surface area contributed by atoms with Gasteiger partial charge in [0.25, 0.3) is 0 Å². The standard InChI is InChI=1S/C13H10F2Te/c14-16(15)12-7-3-1-5-10(12)9-11-6-2-4-8-13(11)16/h1-8H,9H2. The molecule has 0 atom stereocenters. The SMILES string of the molecule is F[Te]1(F)c2ccccc2Cc2ccccc21. The van der Waals surface area contributed by atoms with Crippen LogP contribution in [0.25, 0.3) is 0 Å². The number of hydrogen-bond donors (Lipinski definition) is 0. The monoisotopic (exact) mass is 334 g/mol. The Morgan fingerprint density at radius 3 is 1.69 bits per heavy atom. The number of hydrogen-bond acceptors (Lipinski definition) is 0. The molecule has 2 aromatic carbocycles. The minimum absolute atomic E-state index is 0.337. The van der Waals surface area contributed by atoms with Crippen molar-refractivity contribution in [2.45, 2.75) is 6.42 Å². The van der Waals surface area contributed by atoms with Crippen molar-refractivity contribution < 1.29 is 5.78 Å². The summed E-state index contributed by atoms with van der Waals surface area (Å²) in [5.41, 5.74) is 1.62. The molecule has 0 unspecified atom stereocenters. The molecule has 0 amide bonds. The third-order valence-electron chi connectivity index (χ3n) is 2.88. The Morgan fingerprint density at radius 1 is 0.750 bits per heavy atom. The molecular weight excluding hydrogens is 322 g/mol. The summed E-state index contributed by atoms with van der Waals surface area (Å²) < 4.78 is 29.4. The molecule has 16 heavy (non-hydrogen) atoms. The first kappa shape index (κ1) is 10.3. The summed E-state index contributed by atoms with van der Waals surface area (Å²) in [6.45, 7) is 0. The Morgan fingerprint density at radius 2 is 1.19 bits per heavy atom. The van der Waals surface area contributed by atoms with Crippen LogP contribution in [0, 0.1) is 0 Å². The van der Waals surface area contributed by atoms with E-state index in [1.807, 2.05) is 24.3 Å². The van der Waals surface area contributed by atoms with Crippen LogP contribution in [0.15, 0.2) is 48.5 Å². The van der Waals surface area contributed by atoms with Crippen LogP contribution >= 0.6 is 0 Å². The molecule has 0 radical (unpaired) electrons. The summed E-state index contributed by atoms with van der Waals surface area (Å²) in [6, 6.07) is 14.0. The zero-order valence-electron chi connectivity index (χ0n) is 8.49. The van der Waals surface area contributed by atoms with E-state index in [4.69, 9.17) is 0 Å². The molecule has 82 valence electrons. The van der Waals surface area contributed by atoms with Crippen molar-refractivity contribution in [3.05, 3.63) is 59.7 Å². The fraction of sp³-hybridized carbons (Fsp3) is 0.0769. The first-order valence-electron chi connectivity index (χ1n) is 5.08. The molecule has 0 nitrogen and oxygen atoms in total. The average molecular weight is 332 g/mol. The van der Waals surface area contributed by atoms with Gasteiger partial charge in [0.15, 0.2) is 0 Å². The predicted molar refractivity (Wildman–Crippen MR) is 62.9 cm³/mol. The molecule has 3 heteroatoms. The molecule has 1 heterocycles. The van der Waals surface area contributed by atoms with E-state index in [1.54, 1.807) is 24.3 Å². The van der Waals surface area contributed by atoms with Crippen molar-refractivity contribution >= 4 is 26.5 Å². The molecule has 3 rings (SSSR count). The van der Waals surface area contributed by atoms with Crippen molar-refractivity contribution in [1.82, 2.24) is 0 Å². The number of fused-ring (bicyclic) bond motifs is 2. The van der Waals surface area contributed by atoms with Gasteiger partial charge in [0.05, 0.1) is 0 Å². The molecule has 0 fully saturated rings. The summed E-state index contributed by atoms with van der Waals surface area (Å²) >= 11 is -5.01. The molecule has 0 saturated carbocycles. The van der Waals surface area contributed by atoms with E-state index >= 15 is 0 Å². The average Bonchev–Trinajstić information content (AvgIpc) is 2.29. The molecule has 1 aliphatic heterocycles. The third kappa shape index (κ3) is 1.39. The zero-order valence-corrected chi connectivity index (χ0v) is 10.8. The van der Waals surface area contributed by atoms with E-state index in [0.717, 1.165) is 11.1 Å². The van der Waals surface area contributed by atoms with Gasteiger partial charge in [-0.2, -0.15) is 0 Å². The fourth-order valence-electron chi connectivity index (χ4n) is 2.12. The van der Waals surface area contributed by atoms with Gasteiger partial charge in [-0.15, -0.1) is 0 Å². The Labute approximate surface area is 98.3 Å². The summed E-state index contributed by atoms with van der Waals surface area (Å²) in [5.74, 6) is 0. The van der Waals surface area contributed by atoms with Crippen LogP contribution in [0.3, 0.4) is 0 Å². The van der Waals surface area contributed by atoms with Crippen LogP contribution in [0.1, 0.15) is 11.1 Å². The first-order valence-corrected chi connectivity index (χ1v) is 9.17. The van der Waals surface area contributed by atoms with E-state index in [0.29, 0.717) is 13.6 Å². The zero-order chi connectivity index (χ0) is 11.2. The van der Waals surface area contributed by atoms with Gasteiger partial charge in [0.1, 0.15) is 0 Å². The van der Waals surface area contributed by atoms with E-state index in [1.165, 1.54) is 0 Å². The fourth-order valence-corrected chi connectivity index (χ4v) is 6.90. The van der Waals surface area contributed by atoms with Crippen molar-refractivity contribution in [1.29, 1.82) is 0 Å². The van der Waals surface area contributed by atoms with Gasteiger partial charge in [0, 0.05) is 0 Å². The topological polar surface area (TPSA) is 0 Å². The summed E-state index contributed by atoms with van der Waals surface area (Å²) in [7, 11) is 0. The Kier molecular flexibility index (Phi) is 2.27. The summed E-state index contributed by atoms with van der Waals surface area (Å²) in [6.07, 6.45) is 0.647. The molecule has 0 aliphatic carbocycles. The van der Waals surface area contributed by atoms with Gasteiger partial charge in [-0.3, -0.25) is 0 Å². The number of halogens is 2. The van der Waals surface area contributed by atoms with Crippen molar-refractivity contribution in [2.75, 3.05) is 0 Å². The van der Waals surface area contributed by atoms with E-state index in [-0.39, 0.29) is 0 Å². The summed E-state index contributed by atoms with van der Waals surface area (Å²) in [4.78, 5) is 0. The van der Waals surface area contributed by atoms with Crippen molar-refractivity contribution in [3.63, 3.8) is 0 Å². The minimum atomic E-state index is -5.01. The second-order valence-corrected chi connectivity index (χ2v) is 9.05. The van der Waals surface area contributed by atoms with Crippen LogP contribution in [-0.2, 0) is 6.42 Å². The molecule has 0 spiro atoms. The van der Waals surface area contributed by atoms with Gasteiger partial charge in [-0.1, -0.05) is 0 Å². The van der Waals surface area contributed by atoms with Gasteiger partial charge < -0.3 is 0 Å². The van der Waals surface area contributed by atoms with Crippen LogP contribution in [0.5, 0.6) is 0 Å². The van der Waals surface area contributed by atoms with Gasteiger partial charge >= 0.3 is 98.4 Å². The van der Waals surface area contributed by atoms with Gasteiger partial charge in [-0.25, -0.2) is 0 Å². The normalized spacial score (nSPS) is 18.4. The van der Waals surface area contributed by atoms with Crippen LogP contribution in [-0.4, -0.2) is 19.3 Å². The van der Waals surface area contributed by atoms with Gasteiger partial charge in [0.2, 0.25) is 0 Å².